The summed E-state index contributed by atoms with van der Waals surface area (Å²) in [7, 11) is 0. The molecule has 0 atom stereocenters. The van der Waals surface area contributed by atoms with Crippen LogP contribution in [-0.2, 0) is 16.2 Å². The predicted molar refractivity (Wildman–Crippen MR) is 234 cm³/mol. The van der Waals surface area contributed by atoms with Gasteiger partial charge in [-0.15, -0.1) is 0 Å². The molecule has 1 aliphatic rings. The van der Waals surface area contributed by atoms with E-state index in [1.165, 1.54) is 66.4 Å². The third-order valence-electron chi connectivity index (χ3n) is 11.7. The fourth-order valence-corrected chi connectivity index (χ4v) is 8.66. The van der Waals surface area contributed by atoms with E-state index in [1.807, 2.05) is 0 Å². The second-order valence-corrected chi connectivity index (χ2v) is 17.9. The normalized spacial score (nSPS) is 13.6. The molecule has 0 radical (unpaired) electrons. The quantitative estimate of drug-likeness (QED) is 0.176. The van der Waals surface area contributed by atoms with Gasteiger partial charge in [0.05, 0.1) is 0 Å². The highest BCUT2D eigenvalue weighted by atomic mass is 16.3. The van der Waals surface area contributed by atoms with Crippen molar-refractivity contribution in [2.75, 3.05) is 4.90 Å². The highest BCUT2D eigenvalue weighted by Crippen LogP contribution is 2.54. The van der Waals surface area contributed by atoms with Crippen LogP contribution in [0.5, 0.6) is 0 Å². The molecule has 55 heavy (non-hydrogen) atoms. The Labute approximate surface area is 326 Å². The van der Waals surface area contributed by atoms with Crippen LogP contribution < -0.4 is 4.90 Å². The number of rotatable bonds is 5. The summed E-state index contributed by atoms with van der Waals surface area (Å²) in [6, 6.07) is 55.5. The van der Waals surface area contributed by atoms with Crippen LogP contribution in [0.4, 0.5) is 17.1 Å². The van der Waals surface area contributed by atoms with E-state index in [4.69, 9.17) is 4.42 Å². The van der Waals surface area contributed by atoms with Gasteiger partial charge in [0.1, 0.15) is 11.2 Å². The lowest BCUT2D eigenvalue weighted by molar-refractivity contribution is 0.556. The molecule has 0 amide bonds. The molecular formula is C53H49NO. The number of nitrogens with zero attached hydrogens (tertiary/aromatic N) is 1. The van der Waals surface area contributed by atoms with Crippen LogP contribution in [0.2, 0.25) is 0 Å². The first-order valence-electron chi connectivity index (χ1n) is 19.6. The molecule has 1 aliphatic carbocycles. The van der Waals surface area contributed by atoms with E-state index >= 15 is 0 Å². The lowest BCUT2D eigenvalue weighted by atomic mass is 9.79. The third-order valence-corrected chi connectivity index (χ3v) is 11.7. The molecule has 272 valence electrons. The molecule has 1 aromatic heterocycles. The largest absolute Gasteiger partial charge is 0.455 e. The third kappa shape index (κ3) is 5.87. The summed E-state index contributed by atoms with van der Waals surface area (Å²) in [5.74, 6) is 0. The van der Waals surface area contributed by atoms with E-state index in [0.29, 0.717) is 0 Å². The summed E-state index contributed by atoms with van der Waals surface area (Å²) in [5, 5.41) is 2.41. The monoisotopic (exact) mass is 715 g/mol. The van der Waals surface area contributed by atoms with Crippen molar-refractivity contribution in [2.45, 2.75) is 71.6 Å². The molecular weight excluding hydrogens is 667 g/mol. The van der Waals surface area contributed by atoms with E-state index in [9.17, 15) is 0 Å². The van der Waals surface area contributed by atoms with Gasteiger partial charge in [0.15, 0.2) is 0 Å². The Morgan fingerprint density at radius 3 is 1.51 bits per heavy atom. The SMILES string of the molecule is CC(C)(C)c1cc(C(C)(C)C)c2oc3c4c(ccc3c2c1)-c1cc(N(c2ccc(-c3ccccc3)cc2)c2ccc(-c3ccccc3)cc2)ccc1C4(C)C. The Kier molecular flexibility index (Phi) is 7.99. The number of fused-ring (bicyclic) bond motifs is 7. The molecule has 0 unspecified atom stereocenters. The second kappa shape index (κ2) is 12.6. The van der Waals surface area contributed by atoms with Gasteiger partial charge in [0, 0.05) is 44.4 Å². The van der Waals surface area contributed by atoms with Crippen LogP contribution >= 0.6 is 0 Å². The van der Waals surface area contributed by atoms with Crippen molar-refractivity contribution < 1.29 is 4.42 Å². The van der Waals surface area contributed by atoms with Crippen molar-refractivity contribution in [1.29, 1.82) is 0 Å². The Morgan fingerprint density at radius 1 is 0.455 bits per heavy atom. The summed E-state index contributed by atoms with van der Waals surface area (Å²) < 4.78 is 7.09. The lowest BCUT2D eigenvalue weighted by Crippen LogP contribution is -2.16. The minimum Gasteiger partial charge on any atom is -0.455 e. The van der Waals surface area contributed by atoms with Gasteiger partial charge in [-0.3, -0.25) is 0 Å². The zero-order chi connectivity index (χ0) is 38.3. The molecule has 8 aromatic rings. The van der Waals surface area contributed by atoms with Crippen LogP contribution in [0.1, 0.15) is 77.6 Å². The van der Waals surface area contributed by atoms with Crippen molar-refractivity contribution in [2.24, 2.45) is 0 Å². The standard InChI is InChI=1S/C53H49NO/c1-51(2,3)38-31-45-43-29-28-42-44-33-41(27-30-46(44)53(7,8)48(42)50(43)55-49(45)47(32-38)52(4,5)6)54(39-23-19-36(20-24-39)34-15-11-9-12-16-34)40-25-21-37(22-26-40)35-17-13-10-14-18-35/h9-33H,1-8H3. The first kappa shape index (κ1) is 34.9. The van der Waals surface area contributed by atoms with Crippen LogP contribution in [0, 0.1) is 0 Å². The fourth-order valence-electron chi connectivity index (χ4n) is 8.66. The topological polar surface area (TPSA) is 16.4 Å². The van der Waals surface area contributed by atoms with E-state index < -0.39 is 0 Å². The molecule has 0 saturated heterocycles. The second-order valence-electron chi connectivity index (χ2n) is 17.9. The van der Waals surface area contributed by atoms with Gasteiger partial charge >= 0.3 is 0 Å². The van der Waals surface area contributed by atoms with Gasteiger partial charge in [-0.1, -0.05) is 159 Å². The molecule has 0 spiro atoms. The number of hydrogen-bond acceptors (Lipinski definition) is 2. The molecule has 1 heterocycles. The molecule has 0 N–H and O–H groups in total. The molecule has 2 heteroatoms. The summed E-state index contributed by atoms with van der Waals surface area (Å²) in [5.41, 5.74) is 17.6. The van der Waals surface area contributed by atoms with Crippen molar-refractivity contribution >= 4 is 39.0 Å². The zero-order valence-electron chi connectivity index (χ0n) is 33.3. The summed E-state index contributed by atoms with van der Waals surface area (Å²) >= 11 is 0. The highest BCUT2D eigenvalue weighted by Gasteiger charge is 2.39. The molecule has 0 saturated carbocycles. The predicted octanol–water partition coefficient (Wildman–Crippen LogP) is 15.3. The van der Waals surface area contributed by atoms with Gasteiger partial charge in [0.25, 0.3) is 0 Å². The van der Waals surface area contributed by atoms with Gasteiger partial charge < -0.3 is 9.32 Å². The molecule has 0 aliphatic heterocycles. The zero-order valence-corrected chi connectivity index (χ0v) is 33.3. The maximum Gasteiger partial charge on any atom is 0.140 e. The molecule has 7 aromatic carbocycles. The van der Waals surface area contributed by atoms with E-state index in [0.717, 1.165) is 28.2 Å². The molecule has 2 nitrogen and oxygen atoms in total. The first-order valence-corrected chi connectivity index (χ1v) is 19.6. The van der Waals surface area contributed by atoms with E-state index in [-0.39, 0.29) is 16.2 Å². The Balaban J connectivity index is 1.21. The fraction of sp³-hybridized carbons (Fsp3) is 0.208. The number of benzene rings is 7. The van der Waals surface area contributed by atoms with Crippen LogP contribution in [0.3, 0.4) is 0 Å². The van der Waals surface area contributed by atoms with Crippen LogP contribution in [0.15, 0.2) is 156 Å². The maximum absolute atomic E-state index is 7.09. The minimum atomic E-state index is -0.245. The van der Waals surface area contributed by atoms with Crippen LogP contribution in [-0.4, -0.2) is 0 Å². The number of anilines is 3. The number of hydrogen-bond donors (Lipinski definition) is 0. The summed E-state index contributed by atoms with van der Waals surface area (Å²) in [4.78, 5) is 2.39. The highest BCUT2D eigenvalue weighted by molar-refractivity contribution is 6.10. The van der Waals surface area contributed by atoms with Gasteiger partial charge in [-0.05, 0) is 104 Å². The molecule has 9 rings (SSSR count). The van der Waals surface area contributed by atoms with Gasteiger partial charge in [-0.2, -0.15) is 0 Å². The van der Waals surface area contributed by atoms with Crippen molar-refractivity contribution in [1.82, 2.24) is 0 Å². The van der Waals surface area contributed by atoms with Crippen molar-refractivity contribution in [3.63, 3.8) is 0 Å². The summed E-state index contributed by atoms with van der Waals surface area (Å²) in [6.07, 6.45) is 0. The molecule has 0 bridgehead atoms. The van der Waals surface area contributed by atoms with Crippen molar-refractivity contribution in [3.05, 3.63) is 174 Å². The van der Waals surface area contributed by atoms with Crippen LogP contribution in [0.25, 0.3) is 55.3 Å². The molecule has 0 fully saturated rings. The average molecular weight is 716 g/mol. The van der Waals surface area contributed by atoms with Gasteiger partial charge in [-0.25, -0.2) is 0 Å². The van der Waals surface area contributed by atoms with E-state index in [1.54, 1.807) is 0 Å². The Morgan fingerprint density at radius 2 is 0.982 bits per heavy atom. The van der Waals surface area contributed by atoms with E-state index in [2.05, 4.69) is 212 Å². The Bertz CT molecular complexity index is 2620. The van der Waals surface area contributed by atoms with Crippen molar-refractivity contribution in [3.8, 4) is 33.4 Å². The first-order chi connectivity index (χ1) is 26.3. The maximum atomic E-state index is 7.09. The Hall–Kier alpha value is -5.86. The lowest BCUT2D eigenvalue weighted by Gasteiger charge is -2.27. The van der Waals surface area contributed by atoms with Gasteiger partial charge in [0.2, 0.25) is 0 Å². The average Bonchev–Trinajstić information content (AvgIpc) is 3.66. The smallest absolute Gasteiger partial charge is 0.140 e. The summed E-state index contributed by atoms with van der Waals surface area (Å²) in [6.45, 7) is 18.5. The minimum absolute atomic E-state index is 0.0238. The number of furan rings is 1.